The molecular weight excluding hydrogens is 268 g/mol. The number of aliphatic hydroxyl groups excluding tert-OH is 1. The summed E-state index contributed by atoms with van der Waals surface area (Å²) in [5.74, 6) is 0.435. The fourth-order valence-electron chi connectivity index (χ4n) is 2.66. The second-order valence-electron chi connectivity index (χ2n) is 5.48. The maximum absolute atomic E-state index is 12.0. The van der Waals surface area contributed by atoms with Crippen LogP contribution in [0.25, 0.3) is 0 Å². The van der Waals surface area contributed by atoms with Crippen molar-refractivity contribution in [2.24, 2.45) is 5.73 Å². The van der Waals surface area contributed by atoms with Gasteiger partial charge in [-0.3, -0.25) is 4.79 Å². The second-order valence-corrected chi connectivity index (χ2v) is 5.48. The molecule has 21 heavy (non-hydrogen) atoms. The van der Waals surface area contributed by atoms with Crippen LogP contribution >= 0.6 is 0 Å². The molecule has 1 aromatic rings. The van der Waals surface area contributed by atoms with E-state index < -0.39 is 6.10 Å². The van der Waals surface area contributed by atoms with E-state index in [9.17, 15) is 9.90 Å². The first-order chi connectivity index (χ1) is 10.2. The van der Waals surface area contributed by atoms with E-state index >= 15 is 0 Å². The van der Waals surface area contributed by atoms with Crippen molar-refractivity contribution >= 4 is 5.91 Å². The van der Waals surface area contributed by atoms with Gasteiger partial charge in [-0.15, -0.1) is 0 Å². The third-order valence-electron chi connectivity index (χ3n) is 3.88. The molecule has 0 bridgehead atoms. The summed E-state index contributed by atoms with van der Waals surface area (Å²) < 4.78 is 5.52. The maximum Gasteiger partial charge on any atom is 0.258 e. The highest BCUT2D eigenvalue weighted by Crippen LogP contribution is 2.19. The zero-order valence-corrected chi connectivity index (χ0v) is 12.3. The fourth-order valence-corrected chi connectivity index (χ4v) is 2.66. The summed E-state index contributed by atoms with van der Waals surface area (Å²) in [5.41, 5.74) is 6.50. The van der Waals surface area contributed by atoms with Gasteiger partial charge in [-0.2, -0.15) is 0 Å². The lowest BCUT2D eigenvalue weighted by Crippen LogP contribution is -2.44. The molecule has 1 aromatic carbocycles. The number of hydrogen-bond acceptors (Lipinski definition) is 4. The van der Waals surface area contributed by atoms with Crippen molar-refractivity contribution in [3.8, 4) is 5.75 Å². The molecule has 116 valence electrons. The van der Waals surface area contributed by atoms with Gasteiger partial charge >= 0.3 is 0 Å². The molecule has 0 aliphatic heterocycles. The van der Waals surface area contributed by atoms with Gasteiger partial charge in [0.1, 0.15) is 5.75 Å². The molecule has 1 saturated carbocycles. The predicted octanol–water partition coefficient (Wildman–Crippen LogP) is 1.33. The van der Waals surface area contributed by atoms with Crippen LogP contribution < -0.4 is 15.8 Å². The lowest BCUT2D eigenvalue weighted by Gasteiger charge is -2.21. The number of aliphatic hydroxyl groups is 1. The number of para-hydroxylation sites is 1. The van der Waals surface area contributed by atoms with Gasteiger partial charge in [-0.05, 0) is 18.9 Å². The molecule has 1 aliphatic carbocycles. The molecular formula is C16H24N2O3. The summed E-state index contributed by atoms with van der Waals surface area (Å²) in [6, 6.07) is 7.25. The van der Waals surface area contributed by atoms with Crippen molar-refractivity contribution in [1.29, 1.82) is 0 Å². The van der Waals surface area contributed by atoms with Crippen molar-refractivity contribution in [2.45, 2.75) is 50.8 Å². The number of nitrogens with one attached hydrogen (secondary N) is 1. The molecule has 1 aliphatic rings. The number of carbonyl (C=O) groups is 1. The van der Waals surface area contributed by atoms with Gasteiger partial charge in [0, 0.05) is 12.1 Å². The molecule has 2 rings (SSSR count). The van der Waals surface area contributed by atoms with E-state index in [2.05, 4.69) is 5.32 Å². The number of nitrogens with two attached hydrogens (primary N) is 1. The van der Waals surface area contributed by atoms with E-state index in [0.29, 0.717) is 12.3 Å². The van der Waals surface area contributed by atoms with Crippen LogP contribution in [0.4, 0.5) is 0 Å². The van der Waals surface area contributed by atoms with E-state index in [1.807, 2.05) is 18.2 Å². The second kappa shape index (κ2) is 8.00. The number of benzene rings is 1. The van der Waals surface area contributed by atoms with Crippen LogP contribution in [0, 0.1) is 0 Å². The first kappa shape index (κ1) is 15.8. The molecule has 0 aromatic heterocycles. The van der Waals surface area contributed by atoms with Gasteiger partial charge < -0.3 is 20.9 Å². The third kappa shape index (κ3) is 4.72. The summed E-state index contributed by atoms with van der Waals surface area (Å²) in [5, 5.41) is 12.9. The topological polar surface area (TPSA) is 84.6 Å². The van der Waals surface area contributed by atoms with Crippen LogP contribution in [0.3, 0.4) is 0 Å². The lowest BCUT2D eigenvalue weighted by atomic mass is 10.1. The summed E-state index contributed by atoms with van der Waals surface area (Å²) in [4.78, 5) is 12.0. The molecule has 0 radical (unpaired) electrons. The van der Waals surface area contributed by atoms with E-state index in [1.54, 1.807) is 6.07 Å². The Bertz CT molecular complexity index is 465. The smallest absolute Gasteiger partial charge is 0.258 e. The molecule has 2 atom stereocenters. The van der Waals surface area contributed by atoms with Crippen molar-refractivity contribution in [3.63, 3.8) is 0 Å². The number of amides is 1. The van der Waals surface area contributed by atoms with Crippen LogP contribution in [0.1, 0.15) is 37.7 Å². The Morgan fingerprint density at radius 1 is 1.29 bits per heavy atom. The van der Waals surface area contributed by atoms with Gasteiger partial charge in [0.25, 0.3) is 5.91 Å². The fraction of sp³-hybridized carbons (Fsp3) is 0.562. The molecule has 0 spiro atoms. The van der Waals surface area contributed by atoms with Crippen molar-refractivity contribution in [2.75, 3.05) is 6.61 Å². The zero-order chi connectivity index (χ0) is 15.1. The average molecular weight is 292 g/mol. The van der Waals surface area contributed by atoms with Crippen LogP contribution in [0.2, 0.25) is 0 Å². The van der Waals surface area contributed by atoms with Crippen molar-refractivity contribution in [1.82, 2.24) is 5.32 Å². The number of carbonyl (C=O) groups excluding carboxylic acids is 1. The Labute approximate surface area is 125 Å². The lowest BCUT2D eigenvalue weighted by molar-refractivity contribution is -0.124. The van der Waals surface area contributed by atoms with Gasteiger partial charge in [0.15, 0.2) is 6.61 Å². The number of ether oxygens (including phenoxy) is 1. The third-order valence-corrected chi connectivity index (χ3v) is 3.88. The van der Waals surface area contributed by atoms with Crippen LogP contribution in [0.5, 0.6) is 5.75 Å². The van der Waals surface area contributed by atoms with Crippen molar-refractivity contribution in [3.05, 3.63) is 29.8 Å². The molecule has 2 unspecified atom stereocenters. The van der Waals surface area contributed by atoms with Crippen LogP contribution in [-0.2, 0) is 11.3 Å². The summed E-state index contributed by atoms with van der Waals surface area (Å²) >= 11 is 0. The minimum absolute atomic E-state index is 0.0553. The Morgan fingerprint density at radius 2 is 2.05 bits per heavy atom. The Hall–Kier alpha value is -1.59. The number of rotatable bonds is 5. The van der Waals surface area contributed by atoms with Crippen LogP contribution in [-0.4, -0.2) is 29.8 Å². The monoisotopic (exact) mass is 292 g/mol. The summed E-state index contributed by atoms with van der Waals surface area (Å²) in [6.45, 7) is 0.319. The van der Waals surface area contributed by atoms with Gasteiger partial charge in [0.05, 0.1) is 12.1 Å². The highest BCUT2D eigenvalue weighted by molar-refractivity contribution is 5.78. The molecule has 1 fully saturated rings. The predicted molar refractivity (Wildman–Crippen MR) is 80.9 cm³/mol. The molecule has 0 heterocycles. The normalized spacial score (nSPS) is 22.4. The Balaban J connectivity index is 1.84. The molecule has 1 amide bonds. The molecule has 5 heteroatoms. The largest absolute Gasteiger partial charge is 0.483 e. The average Bonchev–Trinajstić information content (AvgIpc) is 2.70. The SMILES string of the molecule is NCc1ccccc1OCC(=O)NC1CCCCCC1O. The van der Waals surface area contributed by atoms with E-state index in [4.69, 9.17) is 10.5 Å². The van der Waals surface area contributed by atoms with E-state index in [0.717, 1.165) is 37.7 Å². The van der Waals surface area contributed by atoms with Gasteiger partial charge in [-0.25, -0.2) is 0 Å². The Morgan fingerprint density at radius 3 is 2.86 bits per heavy atom. The zero-order valence-electron chi connectivity index (χ0n) is 12.3. The van der Waals surface area contributed by atoms with Crippen LogP contribution in [0.15, 0.2) is 24.3 Å². The summed E-state index contributed by atoms with van der Waals surface area (Å²) in [7, 11) is 0. The molecule has 4 N–H and O–H groups in total. The Kier molecular flexibility index (Phi) is 6.02. The van der Waals surface area contributed by atoms with E-state index in [-0.39, 0.29) is 18.6 Å². The number of hydrogen-bond donors (Lipinski definition) is 3. The van der Waals surface area contributed by atoms with E-state index in [1.165, 1.54) is 0 Å². The highest BCUT2D eigenvalue weighted by Gasteiger charge is 2.23. The van der Waals surface area contributed by atoms with Gasteiger partial charge in [-0.1, -0.05) is 37.5 Å². The first-order valence-electron chi connectivity index (χ1n) is 7.59. The summed E-state index contributed by atoms with van der Waals surface area (Å²) in [6.07, 6.45) is 4.30. The minimum atomic E-state index is -0.451. The molecule has 0 saturated heterocycles. The maximum atomic E-state index is 12.0. The van der Waals surface area contributed by atoms with Crippen molar-refractivity contribution < 1.29 is 14.6 Å². The quantitative estimate of drug-likeness (QED) is 0.715. The molecule has 5 nitrogen and oxygen atoms in total. The van der Waals surface area contributed by atoms with Gasteiger partial charge in [0.2, 0.25) is 0 Å². The first-order valence-corrected chi connectivity index (χ1v) is 7.59. The minimum Gasteiger partial charge on any atom is -0.483 e. The standard InChI is InChI=1S/C16H24N2O3/c17-10-12-6-4-5-9-15(12)21-11-16(20)18-13-7-2-1-3-8-14(13)19/h4-6,9,13-14,19H,1-3,7-8,10-11,17H2,(H,18,20). The highest BCUT2D eigenvalue weighted by atomic mass is 16.5.